The van der Waals surface area contributed by atoms with Gasteiger partial charge in [-0.15, -0.1) is 0 Å². The molecule has 0 unspecified atom stereocenters. The summed E-state index contributed by atoms with van der Waals surface area (Å²) in [6.45, 7) is 2.10. The maximum absolute atomic E-state index is 13.1. The molecule has 94 valence electrons. The lowest BCUT2D eigenvalue weighted by atomic mass is 10.1. The minimum atomic E-state index is -0.251. The van der Waals surface area contributed by atoms with Crippen molar-refractivity contribution in [3.05, 3.63) is 59.4 Å². The van der Waals surface area contributed by atoms with Gasteiger partial charge < -0.3 is 4.74 Å². The van der Waals surface area contributed by atoms with Crippen LogP contribution in [0.15, 0.2) is 42.5 Å². The Hall–Kier alpha value is -1.35. The second-order valence-corrected chi connectivity index (χ2v) is 4.55. The van der Waals surface area contributed by atoms with Crippen molar-refractivity contribution in [2.45, 2.75) is 18.7 Å². The molecule has 0 aromatic heterocycles. The third-order valence-corrected chi connectivity index (χ3v) is 3.31. The lowest BCUT2D eigenvalue weighted by Crippen LogP contribution is -1.91. The third kappa shape index (κ3) is 3.10. The van der Waals surface area contributed by atoms with E-state index in [1.165, 1.54) is 17.7 Å². The van der Waals surface area contributed by atoms with E-state index in [4.69, 9.17) is 4.74 Å². The van der Waals surface area contributed by atoms with Crippen molar-refractivity contribution in [3.63, 3.8) is 0 Å². The smallest absolute Gasteiger partial charge is 0.131 e. The molecule has 0 bridgehead atoms. The van der Waals surface area contributed by atoms with Gasteiger partial charge in [0.15, 0.2) is 0 Å². The molecular weight excluding hydrogens is 295 g/mol. The van der Waals surface area contributed by atoms with E-state index in [2.05, 4.69) is 28.9 Å². The molecule has 0 saturated heterocycles. The number of rotatable bonds is 4. The summed E-state index contributed by atoms with van der Waals surface area (Å²) in [5, 5.41) is 0.563. The summed E-state index contributed by atoms with van der Waals surface area (Å²) in [4.78, 5) is 0. The van der Waals surface area contributed by atoms with Crippen LogP contribution in [0, 0.1) is 5.82 Å². The van der Waals surface area contributed by atoms with Crippen molar-refractivity contribution in [1.29, 1.82) is 0 Å². The van der Waals surface area contributed by atoms with Crippen LogP contribution in [-0.4, -0.2) is 0 Å². The van der Waals surface area contributed by atoms with Crippen LogP contribution < -0.4 is 4.74 Å². The first-order valence-electron chi connectivity index (χ1n) is 5.84. The summed E-state index contributed by atoms with van der Waals surface area (Å²) in [6, 6.07) is 12.5. The van der Waals surface area contributed by atoms with Gasteiger partial charge >= 0.3 is 0 Å². The van der Waals surface area contributed by atoms with Crippen LogP contribution in [0.4, 0.5) is 4.39 Å². The van der Waals surface area contributed by atoms with Crippen LogP contribution in [0.5, 0.6) is 11.5 Å². The first-order valence-corrected chi connectivity index (χ1v) is 6.96. The van der Waals surface area contributed by atoms with Crippen molar-refractivity contribution >= 4 is 15.9 Å². The van der Waals surface area contributed by atoms with Gasteiger partial charge in [-0.1, -0.05) is 35.0 Å². The Kier molecular flexibility index (Phi) is 4.37. The summed E-state index contributed by atoms with van der Waals surface area (Å²) in [7, 11) is 0. The van der Waals surface area contributed by atoms with Gasteiger partial charge in [0.1, 0.15) is 17.3 Å². The summed E-state index contributed by atoms with van der Waals surface area (Å²) < 4.78 is 18.9. The highest BCUT2D eigenvalue weighted by molar-refractivity contribution is 9.08. The number of alkyl halides is 1. The second-order valence-electron chi connectivity index (χ2n) is 3.99. The largest absolute Gasteiger partial charge is 0.457 e. The van der Waals surface area contributed by atoms with E-state index in [1.54, 1.807) is 6.07 Å². The Labute approximate surface area is 115 Å². The lowest BCUT2D eigenvalue weighted by molar-refractivity contribution is 0.475. The molecule has 0 amide bonds. The third-order valence-electron chi connectivity index (χ3n) is 2.70. The quantitative estimate of drug-likeness (QED) is 0.716. The molecule has 0 N–H and O–H groups in total. The molecule has 0 heterocycles. The Morgan fingerprint density at radius 1 is 1.17 bits per heavy atom. The highest BCUT2D eigenvalue weighted by Crippen LogP contribution is 2.28. The molecule has 0 fully saturated rings. The highest BCUT2D eigenvalue weighted by Gasteiger charge is 2.06. The van der Waals surface area contributed by atoms with Gasteiger partial charge in [-0.3, -0.25) is 0 Å². The standard InChI is InChI=1S/C15H14BrFO/c1-2-11-4-3-5-14(8-11)18-15-7-6-13(17)9-12(15)10-16/h3-9H,2,10H2,1H3. The van der Waals surface area contributed by atoms with Gasteiger partial charge in [0.25, 0.3) is 0 Å². The molecule has 2 aromatic carbocycles. The SMILES string of the molecule is CCc1cccc(Oc2ccc(F)cc2CBr)c1. The molecule has 0 saturated carbocycles. The molecule has 0 aliphatic rings. The Morgan fingerprint density at radius 3 is 2.72 bits per heavy atom. The molecular formula is C15H14BrFO. The summed E-state index contributed by atoms with van der Waals surface area (Å²) in [6.07, 6.45) is 0.964. The molecule has 0 atom stereocenters. The molecule has 18 heavy (non-hydrogen) atoms. The molecule has 0 aliphatic heterocycles. The predicted molar refractivity (Wildman–Crippen MR) is 74.9 cm³/mol. The molecule has 1 nitrogen and oxygen atoms in total. The van der Waals surface area contributed by atoms with E-state index < -0.39 is 0 Å². The maximum atomic E-state index is 13.1. The topological polar surface area (TPSA) is 9.23 Å². The van der Waals surface area contributed by atoms with Crippen LogP contribution in [0.25, 0.3) is 0 Å². The lowest BCUT2D eigenvalue weighted by Gasteiger charge is -2.10. The highest BCUT2D eigenvalue weighted by atomic mass is 79.9. The predicted octanol–water partition coefficient (Wildman–Crippen LogP) is 5.08. The van der Waals surface area contributed by atoms with E-state index in [0.717, 1.165) is 17.7 Å². The Bertz CT molecular complexity index is 540. The molecule has 3 heteroatoms. The number of ether oxygens (including phenoxy) is 1. The van der Waals surface area contributed by atoms with Crippen molar-refractivity contribution in [2.24, 2.45) is 0 Å². The van der Waals surface area contributed by atoms with Crippen LogP contribution in [0.1, 0.15) is 18.1 Å². The number of hydrogen-bond donors (Lipinski definition) is 0. The van der Waals surface area contributed by atoms with Gasteiger partial charge in [-0.05, 0) is 42.3 Å². The zero-order chi connectivity index (χ0) is 13.0. The van der Waals surface area contributed by atoms with Gasteiger partial charge in [-0.2, -0.15) is 0 Å². The van der Waals surface area contributed by atoms with Crippen LogP contribution >= 0.6 is 15.9 Å². The van der Waals surface area contributed by atoms with Gasteiger partial charge in [0, 0.05) is 10.9 Å². The van der Waals surface area contributed by atoms with E-state index in [1.807, 2.05) is 18.2 Å². The molecule has 0 aliphatic carbocycles. The first-order chi connectivity index (χ1) is 8.72. The zero-order valence-corrected chi connectivity index (χ0v) is 11.7. The number of hydrogen-bond acceptors (Lipinski definition) is 1. The number of benzene rings is 2. The maximum Gasteiger partial charge on any atom is 0.131 e. The average molecular weight is 309 g/mol. The minimum Gasteiger partial charge on any atom is -0.457 e. The fourth-order valence-corrected chi connectivity index (χ4v) is 2.15. The average Bonchev–Trinajstić information content (AvgIpc) is 2.41. The Morgan fingerprint density at radius 2 is 2.00 bits per heavy atom. The Balaban J connectivity index is 2.27. The van der Waals surface area contributed by atoms with Crippen molar-refractivity contribution in [1.82, 2.24) is 0 Å². The molecule has 0 spiro atoms. The van der Waals surface area contributed by atoms with Crippen LogP contribution in [-0.2, 0) is 11.8 Å². The normalized spacial score (nSPS) is 10.4. The van der Waals surface area contributed by atoms with Crippen molar-refractivity contribution in [3.8, 4) is 11.5 Å². The molecule has 0 radical (unpaired) electrons. The monoisotopic (exact) mass is 308 g/mol. The van der Waals surface area contributed by atoms with E-state index in [-0.39, 0.29) is 5.82 Å². The number of halogens is 2. The second kappa shape index (κ2) is 6.01. The van der Waals surface area contributed by atoms with Gasteiger partial charge in [-0.25, -0.2) is 4.39 Å². The molecule has 2 aromatic rings. The fraction of sp³-hybridized carbons (Fsp3) is 0.200. The fourth-order valence-electron chi connectivity index (χ4n) is 1.71. The molecule has 2 rings (SSSR count). The van der Waals surface area contributed by atoms with Gasteiger partial charge in [0.05, 0.1) is 0 Å². The minimum absolute atomic E-state index is 0.251. The summed E-state index contributed by atoms with van der Waals surface area (Å²) in [5.41, 5.74) is 2.02. The van der Waals surface area contributed by atoms with Crippen LogP contribution in [0.2, 0.25) is 0 Å². The zero-order valence-electron chi connectivity index (χ0n) is 10.1. The number of aryl methyl sites for hydroxylation is 1. The van der Waals surface area contributed by atoms with E-state index in [0.29, 0.717) is 11.1 Å². The van der Waals surface area contributed by atoms with Crippen LogP contribution in [0.3, 0.4) is 0 Å². The summed E-state index contributed by atoms with van der Waals surface area (Å²) >= 11 is 3.34. The van der Waals surface area contributed by atoms with Gasteiger partial charge in [0.2, 0.25) is 0 Å². The van der Waals surface area contributed by atoms with Crippen molar-refractivity contribution in [2.75, 3.05) is 0 Å². The summed E-state index contributed by atoms with van der Waals surface area (Å²) in [5.74, 6) is 1.21. The van der Waals surface area contributed by atoms with E-state index in [9.17, 15) is 4.39 Å². The van der Waals surface area contributed by atoms with E-state index >= 15 is 0 Å². The van der Waals surface area contributed by atoms with Crippen molar-refractivity contribution < 1.29 is 9.13 Å². The first kappa shape index (κ1) is 13.1.